The molecule has 268 valence electrons. The molecule has 11 nitrogen and oxygen atoms in total. The van der Waals surface area contributed by atoms with Crippen LogP contribution < -0.4 is 19.8 Å². The highest BCUT2D eigenvalue weighted by atomic mass is 35.5. The van der Waals surface area contributed by atoms with Crippen LogP contribution in [0.15, 0.2) is 29.2 Å². The number of hydrogen-bond acceptors (Lipinski definition) is 7. The molecular formula is C31H34ClF5N4O7S. The normalized spacial score (nSPS) is 21.4. The number of carbonyl (C=O) groups is 3. The zero-order chi connectivity index (χ0) is 36.1. The average Bonchev–Trinajstić information content (AvgIpc) is 3.57. The van der Waals surface area contributed by atoms with Gasteiger partial charge in [-0.25, -0.2) is 26.8 Å². The van der Waals surface area contributed by atoms with Crippen molar-refractivity contribution in [2.75, 3.05) is 27.6 Å². The molecule has 0 spiro atoms. The van der Waals surface area contributed by atoms with Crippen LogP contribution in [0.4, 0.5) is 48.6 Å². The molecule has 0 aromatic heterocycles. The third kappa shape index (κ3) is 7.66. The van der Waals surface area contributed by atoms with Crippen LogP contribution in [0.3, 0.4) is 0 Å². The van der Waals surface area contributed by atoms with Crippen molar-refractivity contribution in [3.63, 3.8) is 0 Å². The van der Waals surface area contributed by atoms with Crippen molar-refractivity contribution in [3.8, 4) is 0 Å². The molecule has 2 aromatic rings. The molecule has 49 heavy (non-hydrogen) atoms. The van der Waals surface area contributed by atoms with E-state index in [0.29, 0.717) is 24.8 Å². The summed E-state index contributed by atoms with van der Waals surface area (Å²) >= 11 is 5.67. The summed E-state index contributed by atoms with van der Waals surface area (Å²) in [5.74, 6) is -3.22. The van der Waals surface area contributed by atoms with Crippen LogP contribution in [0.25, 0.3) is 0 Å². The molecule has 1 atom stereocenters. The fourth-order valence-corrected chi connectivity index (χ4v) is 7.35. The second-order valence-corrected chi connectivity index (χ2v) is 14.9. The standard InChI is InChI=1S/C31H34ClF5N4O7S/c1-16-15-41(29(44)47-19-8-6-18(7-9-19)38-28(43)48-30(2,3)31(35,36)37)27-21(16)13-20(14-24(27)40-10-4-5-25(40)42)49(45,46)39-26-22(33)11-17(32)12-23(26)34/h11-14,16,18-19,39H,4-10,15H2,1-3H3,(H,38,43)/t16-,18?,19?/m1/s1. The van der Waals surface area contributed by atoms with Gasteiger partial charge >= 0.3 is 18.4 Å². The number of sulfonamides is 1. The molecule has 0 unspecified atom stereocenters. The van der Waals surface area contributed by atoms with Crippen LogP contribution in [0.2, 0.25) is 5.02 Å². The number of carbonyl (C=O) groups excluding carboxylic acids is 3. The van der Waals surface area contributed by atoms with E-state index < -0.39 is 69.4 Å². The van der Waals surface area contributed by atoms with Crippen molar-refractivity contribution in [2.24, 2.45) is 0 Å². The minimum atomic E-state index is -4.76. The number of alkyl halides is 3. The number of ether oxygens (including phenoxy) is 2. The van der Waals surface area contributed by atoms with Crippen LogP contribution in [0.5, 0.6) is 0 Å². The maximum Gasteiger partial charge on any atom is 0.427 e. The Hall–Kier alpha value is -3.86. The molecule has 3 amide bonds. The predicted octanol–water partition coefficient (Wildman–Crippen LogP) is 6.98. The van der Waals surface area contributed by atoms with Gasteiger partial charge in [0.15, 0.2) is 11.6 Å². The van der Waals surface area contributed by atoms with Gasteiger partial charge in [-0.05, 0) is 75.8 Å². The van der Waals surface area contributed by atoms with Gasteiger partial charge in [-0.1, -0.05) is 18.5 Å². The summed E-state index contributed by atoms with van der Waals surface area (Å²) in [7, 11) is -4.62. The van der Waals surface area contributed by atoms with Gasteiger partial charge in [-0.3, -0.25) is 14.4 Å². The number of alkyl carbamates (subject to hydrolysis) is 1. The van der Waals surface area contributed by atoms with Gasteiger partial charge in [0, 0.05) is 36.5 Å². The molecule has 2 aliphatic heterocycles. The molecule has 1 saturated carbocycles. The van der Waals surface area contributed by atoms with E-state index in [1.165, 1.54) is 21.9 Å². The highest BCUT2D eigenvalue weighted by Crippen LogP contribution is 2.46. The van der Waals surface area contributed by atoms with Crippen molar-refractivity contribution in [1.29, 1.82) is 0 Å². The molecule has 3 aliphatic rings. The zero-order valence-electron chi connectivity index (χ0n) is 26.6. The summed E-state index contributed by atoms with van der Waals surface area (Å²) in [6.45, 7) is 3.52. The summed E-state index contributed by atoms with van der Waals surface area (Å²) in [5, 5.41) is 2.15. The summed E-state index contributed by atoms with van der Waals surface area (Å²) < 4.78 is 107. The number of anilines is 3. The summed E-state index contributed by atoms with van der Waals surface area (Å²) in [5.41, 5.74) is -2.85. The first-order valence-electron chi connectivity index (χ1n) is 15.5. The van der Waals surface area contributed by atoms with E-state index in [9.17, 15) is 44.8 Å². The van der Waals surface area contributed by atoms with E-state index in [2.05, 4.69) is 10.1 Å². The lowest BCUT2D eigenvalue weighted by Crippen LogP contribution is -2.48. The number of amides is 3. The largest absolute Gasteiger partial charge is 0.446 e. The lowest BCUT2D eigenvalue weighted by molar-refractivity contribution is -0.244. The Labute approximate surface area is 284 Å². The number of nitrogens with one attached hydrogen (secondary N) is 2. The van der Waals surface area contributed by atoms with E-state index in [1.54, 1.807) is 6.92 Å². The molecule has 18 heteroatoms. The fraction of sp³-hybridized carbons (Fsp3) is 0.516. The van der Waals surface area contributed by atoms with Gasteiger partial charge in [0.25, 0.3) is 10.0 Å². The molecule has 0 bridgehead atoms. The van der Waals surface area contributed by atoms with E-state index in [4.69, 9.17) is 16.3 Å². The van der Waals surface area contributed by atoms with Crippen molar-refractivity contribution < 1.29 is 54.2 Å². The molecule has 2 aromatic carbocycles. The van der Waals surface area contributed by atoms with E-state index in [0.717, 1.165) is 26.0 Å². The van der Waals surface area contributed by atoms with Gasteiger partial charge in [0.05, 0.1) is 16.3 Å². The molecule has 0 radical (unpaired) electrons. The van der Waals surface area contributed by atoms with Crippen LogP contribution in [-0.4, -0.2) is 63.5 Å². The van der Waals surface area contributed by atoms with Crippen LogP contribution >= 0.6 is 11.6 Å². The second-order valence-electron chi connectivity index (χ2n) is 12.8. The van der Waals surface area contributed by atoms with Crippen molar-refractivity contribution in [3.05, 3.63) is 46.5 Å². The SMILES string of the molecule is C[C@@H]1CN(C(=O)OC2CCC(NC(=O)OC(C)(C)C(F)(F)F)CC2)c2c1cc(S(=O)(=O)Nc1c(F)cc(Cl)cc1F)cc2N1CCCC1=O. The fourth-order valence-electron chi connectivity index (χ4n) is 6.03. The van der Waals surface area contributed by atoms with Gasteiger partial charge in [0.2, 0.25) is 11.5 Å². The third-order valence-corrected chi connectivity index (χ3v) is 10.3. The second kappa shape index (κ2) is 13.5. The number of benzene rings is 2. The van der Waals surface area contributed by atoms with Gasteiger partial charge in [-0.2, -0.15) is 13.2 Å². The predicted molar refractivity (Wildman–Crippen MR) is 168 cm³/mol. The first-order chi connectivity index (χ1) is 22.8. The Morgan fingerprint density at radius 2 is 1.65 bits per heavy atom. The van der Waals surface area contributed by atoms with Crippen LogP contribution in [0.1, 0.15) is 70.8 Å². The molecule has 1 aliphatic carbocycles. The first kappa shape index (κ1) is 36.4. The number of nitrogens with zero attached hydrogens (tertiary/aromatic N) is 2. The van der Waals surface area contributed by atoms with Gasteiger partial charge in [0.1, 0.15) is 11.8 Å². The summed E-state index contributed by atoms with van der Waals surface area (Å²) in [6.07, 6.45) is -5.51. The first-order valence-corrected chi connectivity index (χ1v) is 17.3. The van der Waals surface area contributed by atoms with Crippen LogP contribution in [0, 0.1) is 11.6 Å². The average molecular weight is 737 g/mol. The minimum absolute atomic E-state index is 0.0678. The molecular weight excluding hydrogens is 703 g/mol. The van der Waals surface area contributed by atoms with E-state index in [1.807, 2.05) is 4.72 Å². The maximum atomic E-state index is 14.5. The Balaban J connectivity index is 1.33. The molecule has 2 N–H and O–H groups in total. The molecule has 2 fully saturated rings. The van der Waals surface area contributed by atoms with Crippen molar-refractivity contribution in [2.45, 2.75) is 94.0 Å². The summed E-state index contributed by atoms with van der Waals surface area (Å²) in [6, 6.07) is 3.45. The van der Waals surface area contributed by atoms with Gasteiger partial charge in [-0.15, -0.1) is 0 Å². The topological polar surface area (TPSA) is 134 Å². The third-order valence-electron chi connectivity index (χ3n) is 8.78. The summed E-state index contributed by atoms with van der Waals surface area (Å²) in [4.78, 5) is 40.8. The molecule has 5 rings (SSSR count). The number of halogens is 6. The highest BCUT2D eigenvalue weighted by Gasteiger charge is 2.51. The quantitative estimate of drug-likeness (QED) is 0.293. The van der Waals surface area contributed by atoms with E-state index in [-0.39, 0.29) is 59.6 Å². The number of hydrogen-bond donors (Lipinski definition) is 2. The van der Waals surface area contributed by atoms with E-state index >= 15 is 0 Å². The van der Waals surface area contributed by atoms with Crippen LogP contribution in [-0.2, 0) is 24.3 Å². The number of fused-ring (bicyclic) bond motifs is 1. The molecule has 1 saturated heterocycles. The zero-order valence-corrected chi connectivity index (χ0v) is 28.2. The Kier molecular flexibility index (Phi) is 10.0. The maximum absolute atomic E-state index is 14.5. The Bertz CT molecular complexity index is 1740. The minimum Gasteiger partial charge on any atom is -0.446 e. The highest BCUT2D eigenvalue weighted by molar-refractivity contribution is 7.92. The Morgan fingerprint density at radius 1 is 1.02 bits per heavy atom. The number of rotatable bonds is 7. The molecule has 2 heterocycles. The van der Waals surface area contributed by atoms with Crippen molar-refractivity contribution >= 4 is 56.8 Å². The Morgan fingerprint density at radius 3 is 2.22 bits per heavy atom. The van der Waals surface area contributed by atoms with Crippen molar-refractivity contribution in [1.82, 2.24) is 5.32 Å². The lowest BCUT2D eigenvalue weighted by Gasteiger charge is -2.32. The lowest BCUT2D eigenvalue weighted by atomic mass is 9.93. The van der Waals surface area contributed by atoms with Gasteiger partial charge < -0.3 is 19.7 Å². The monoisotopic (exact) mass is 736 g/mol. The smallest absolute Gasteiger partial charge is 0.427 e.